The highest BCUT2D eigenvalue weighted by molar-refractivity contribution is 5.75. The van der Waals surface area contributed by atoms with Gasteiger partial charge < -0.3 is 16.2 Å². The lowest BCUT2D eigenvalue weighted by atomic mass is 10.2. The van der Waals surface area contributed by atoms with Crippen LogP contribution in [-0.4, -0.2) is 25.2 Å². The standard InChI is InChI=1S/C10H22N2O2/c1-2-3-4-8-14-10(13)9(12)6-5-7-11/h9H,2-8,11-12H2,1H3/t9-/m0/s1. The number of unbranched alkanes of at least 4 members (excludes halogenated alkanes) is 2. The number of nitrogens with two attached hydrogens (primary N) is 2. The van der Waals surface area contributed by atoms with E-state index in [9.17, 15) is 4.79 Å². The topological polar surface area (TPSA) is 78.3 Å². The van der Waals surface area contributed by atoms with Crippen LogP contribution in [-0.2, 0) is 9.53 Å². The average Bonchev–Trinajstić information content (AvgIpc) is 2.20. The van der Waals surface area contributed by atoms with Gasteiger partial charge in [-0.2, -0.15) is 0 Å². The second kappa shape index (κ2) is 8.97. The summed E-state index contributed by atoms with van der Waals surface area (Å²) in [5, 5.41) is 0. The van der Waals surface area contributed by atoms with Crippen molar-refractivity contribution in [2.75, 3.05) is 13.2 Å². The molecule has 0 spiro atoms. The Balaban J connectivity index is 3.42. The first-order chi connectivity index (χ1) is 6.72. The number of rotatable bonds is 8. The first-order valence-corrected chi connectivity index (χ1v) is 5.34. The van der Waals surface area contributed by atoms with E-state index in [1.165, 1.54) is 0 Å². The largest absolute Gasteiger partial charge is 0.465 e. The Morgan fingerprint density at radius 1 is 1.36 bits per heavy atom. The molecule has 4 N–H and O–H groups in total. The van der Waals surface area contributed by atoms with Crippen molar-refractivity contribution in [3.63, 3.8) is 0 Å². The zero-order chi connectivity index (χ0) is 10.8. The molecule has 4 nitrogen and oxygen atoms in total. The van der Waals surface area contributed by atoms with Crippen LogP contribution < -0.4 is 11.5 Å². The van der Waals surface area contributed by atoms with Crippen LogP contribution in [0.3, 0.4) is 0 Å². The molecule has 0 aliphatic carbocycles. The Morgan fingerprint density at radius 3 is 2.64 bits per heavy atom. The number of ether oxygens (including phenoxy) is 1. The number of carbonyl (C=O) groups excluding carboxylic acids is 1. The normalized spacial score (nSPS) is 12.5. The Labute approximate surface area is 86.0 Å². The number of esters is 1. The molecule has 84 valence electrons. The van der Waals surface area contributed by atoms with Crippen LogP contribution in [0.15, 0.2) is 0 Å². The third-order valence-electron chi connectivity index (χ3n) is 2.01. The highest BCUT2D eigenvalue weighted by Crippen LogP contribution is 1.99. The maximum absolute atomic E-state index is 11.2. The Hall–Kier alpha value is -0.610. The summed E-state index contributed by atoms with van der Waals surface area (Å²) in [7, 11) is 0. The maximum atomic E-state index is 11.2. The molecule has 0 aromatic heterocycles. The van der Waals surface area contributed by atoms with Crippen molar-refractivity contribution in [2.24, 2.45) is 11.5 Å². The van der Waals surface area contributed by atoms with Crippen molar-refractivity contribution in [3.05, 3.63) is 0 Å². The van der Waals surface area contributed by atoms with Crippen LogP contribution in [0.1, 0.15) is 39.0 Å². The van der Waals surface area contributed by atoms with Crippen LogP contribution in [0.4, 0.5) is 0 Å². The van der Waals surface area contributed by atoms with E-state index in [0.29, 0.717) is 19.6 Å². The van der Waals surface area contributed by atoms with Crippen LogP contribution in [0.5, 0.6) is 0 Å². The fourth-order valence-electron chi connectivity index (χ4n) is 1.09. The maximum Gasteiger partial charge on any atom is 0.322 e. The Kier molecular flexibility index (Phi) is 8.57. The molecule has 0 bridgehead atoms. The average molecular weight is 202 g/mol. The summed E-state index contributed by atoms with van der Waals surface area (Å²) < 4.78 is 5.00. The summed E-state index contributed by atoms with van der Waals surface area (Å²) in [5.41, 5.74) is 10.9. The van der Waals surface area contributed by atoms with E-state index in [0.717, 1.165) is 25.7 Å². The van der Waals surface area contributed by atoms with Gasteiger partial charge >= 0.3 is 5.97 Å². The van der Waals surface area contributed by atoms with Gasteiger partial charge in [-0.25, -0.2) is 0 Å². The lowest BCUT2D eigenvalue weighted by Crippen LogP contribution is -2.33. The molecule has 0 aromatic rings. The third kappa shape index (κ3) is 6.86. The smallest absolute Gasteiger partial charge is 0.322 e. The minimum Gasteiger partial charge on any atom is -0.465 e. The zero-order valence-corrected chi connectivity index (χ0v) is 9.00. The first kappa shape index (κ1) is 13.4. The van der Waals surface area contributed by atoms with Crippen LogP contribution in [0, 0.1) is 0 Å². The van der Waals surface area contributed by atoms with Crippen molar-refractivity contribution in [1.29, 1.82) is 0 Å². The van der Waals surface area contributed by atoms with Crippen molar-refractivity contribution >= 4 is 5.97 Å². The lowest BCUT2D eigenvalue weighted by Gasteiger charge is -2.10. The molecule has 0 saturated heterocycles. The molecule has 0 aromatic carbocycles. The SMILES string of the molecule is CCCCCOC(=O)[C@@H](N)CCCN. The predicted octanol–water partition coefficient (Wildman–Crippen LogP) is 0.786. The molecule has 0 heterocycles. The molecule has 0 rings (SSSR count). The van der Waals surface area contributed by atoms with E-state index in [2.05, 4.69) is 6.92 Å². The van der Waals surface area contributed by atoms with Gasteiger partial charge in [-0.15, -0.1) is 0 Å². The van der Waals surface area contributed by atoms with Gasteiger partial charge in [-0.05, 0) is 25.8 Å². The van der Waals surface area contributed by atoms with Crippen molar-refractivity contribution in [2.45, 2.75) is 45.1 Å². The van der Waals surface area contributed by atoms with Crippen LogP contribution in [0.2, 0.25) is 0 Å². The van der Waals surface area contributed by atoms with Crippen LogP contribution in [0.25, 0.3) is 0 Å². The van der Waals surface area contributed by atoms with Gasteiger partial charge in [-0.3, -0.25) is 4.79 Å². The zero-order valence-electron chi connectivity index (χ0n) is 9.00. The summed E-state index contributed by atoms with van der Waals surface area (Å²) in [6, 6.07) is -0.500. The quantitative estimate of drug-likeness (QED) is 0.450. The van der Waals surface area contributed by atoms with E-state index in [-0.39, 0.29) is 5.97 Å². The van der Waals surface area contributed by atoms with Gasteiger partial charge in [0.1, 0.15) is 6.04 Å². The Morgan fingerprint density at radius 2 is 2.07 bits per heavy atom. The molecule has 0 amide bonds. The van der Waals surface area contributed by atoms with Gasteiger partial charge in [-0.1, -0.05) is 19.8 Å². The second-order valence-corrected chi connectivity index (χ2v) is 3.41. The minimum absolute atomic E-state index is 0.297. The van der Waals surface area contributed by atoms with Gasteiger partial charge in [0.05, 0.1) is 6.61 Å². The van der Waals surface area contributed by atoms with E-state index in [1.807, 2.05) is 0 Å². The lowest BCUT2D eigenvalue weighted by molar-refractivity contribution is -0.145. The summed E-state index contributed by atoms with van der Waals surface area (Å²) in [4.78, 5) is 11.2. The van der Waals surface area contributed by atoms with Gasteiger partial charge in [0, 0.05) is 0 Å². The van der Waals surface area contributed by atoms with Gasteiger partial charge in [0.15, 0.2) is 0 Å². The predicted molar refractivity (Wildman–Crippen MR) is 56.7 cm³/mol. The minimum atomic E-state index is -0.500. The summed E-state index contributed by atoms with van der Waals surface area (Å²) in [5.74, 6) is -0.297. The molecule has 14 heavy (non-hydrogen) atoms. The van der Waals surface area contributed by atoms with Crippen molar-refractivity contribution in [3.8, 4) is 0 Å². The molecule has 0 aliphatic rings. The first-order valence-electron chi connectivity index (χ1n) is 5.34. The molecular weight excluding hydrogens is 180 g/mol. The van der Waals surface area contributed by atoms with E-state index < -0.39 is 6.04 Å². The van der Waals surface area contributed by atoms with E-state index in [4.69, 9.17) is 16.2 Å². The highest BCUT2D eigenvalue weighted by atomic mass is 16.5. The fraction of sp³-hybridized carbons (Fsp3) is 0.900. The van der Waals surface area contributed by atoms with Gasteiger partial charge in [0.2, 0.25) is 0 Å². The van der Waals surface area contributed by atoms with E-state index >= 15 is 0 Å². The van der Waals surface area contributed by atoms with Crippen molar-refractivity contribution in [1.82, 2.24) is 0 Å². The fourth-order valence-corrected chi connectivity index (χ4v) is 1.09. The summed E-state index contributed by atoms with van der Waals surface area (Å²) in [6.07, 6.45) is 4.52. The molecular formula is C10H22N2O2. The molecule has 0 aliphatic heterocycles. The molecule has 0 saturated carbocycles. The number of hydrogen-bond donors (Lipinski definition) is 2. The number of hydrogen-bond acceptors (Lipinski definition) is 4. The summed E-state index contributed by atoms with van der Waals surface area (Å²) in [6.45, 7) is 3.16. The van der Waals surface area contributed by atoms with E-state index in [1.54, 1.807) is 0 Å². The Bertz CT molecular complexity index is 151. The molecule has 4 heteroatoms. The van der Waals surface area contributed by atoms with Crippen LogP contribution >= 0.6 is 0 Å². The number of carbonyl (C=O) groups is 1. The molecule has 0 unspecified atom stereocenters. The molecule has 1 atom stereocenters. The van der Waals surface area contributed by atoms with Gasteiger partial charge in [0.25, 0.3) is 0 Å². The summed E-state index contributed by atoms with van der Waals surface area (Å²) >= 11 is 0. The third-order valence-corrected chi connectivity index (χ3v) is 2.01. The molecule has 0 radical (unpaired) electrons. The highest BCUT2D eigenvalue weighted by Gasteiger charge is 2.13. The monoisotopic (exact) mass is 202 g/mol. The van der Waals surface area contributed by atoms with Crippen molar-refractivity contribution < 1.29 is 9.53 Å². The second-order valence-electron chi connectivity index (χ2n) is 3.41. The molecule has 0 fully saturated rings.